The molecule has 0 fully saturated rings. The first kappa shape index (κ1) is 15.7. The molecule has 0 aromatic heterocycles. The fourth-order valence-corrected chi connectivity index (χ4v) is 2.04. The Hall–Kier alpha value is 1.26. The van der Waals surface area contributed by atoms with Gasteiger partial charge in [-0.3, -0.25) is 9.13 Å². The summed E-state index contributed by atoms with van der Waals surface area (Å²) >= 11 is 0. The normalized spacial score (nSPS) is 19.1. The molecule has 0 aliphatic rings. The van der Waals surface area contributed by atoms with Crippen LogP contribution < -0.4 is 0 Å². The van der Waals surface area contributed by atoms with E-state index in [1.165, 1.54) is 0 Å². The van der Waals surface area contributed by atoms with Crippen molar-refractivity contribution in [2.24, 2.45) is 0 Å². The first-order valence-corrected chi connectivity index (χ1v) is 5.75. The van der Waals surface area contributed by atoms with Crippen LogP contribution >= 0.6 is 15.2 Å². The van der Waals surface area contributed by atoms with E-state index in [4.69, 9.17) is 19.9 Å². The Morgan fingerprint density at radius 2 is 1.58 bits per heavy atom. The van der Waals surface area contributed by atoms with Crippen molar-refractivity contribution in [3.63, 3.8) is 0 Å². The van der Waals surface area contributed by atoms with Gasteiger partial charge < -0.3 is 14.7 Å². The van der Waals surface area contributed by atoms with Crippen LogP contribution in [0.4, 0.5) is 0 Å². The fourth-order valence-electron chi connectivity index (χ4n) is 0.258. The van der Waals surface area contributed by atoms with Crippen LogP contribution in [0.3, 0.4) is 0 Å². The van der Waals surface area contributed by atoms with Gasteiger partial charge in [-0.05, 0) is 6.92 Å². The summed E-state index contributed by atoms with van der Waals surface area (Å²) in [5.74, 6) is 0. The van der Waals surface area contributed by atoms with Crippen LogP contribution in [0.5, 0.6) is 0 Å². The van der Waals surface area contributed by atoms with Gasteiger partial charge in [0.2, 0.25) is 0 Å². The van der Waals surface area contributed by atoms with E-state index in [2.05, 4.69) is 4.67 Å². The third-order valence-electron chi connectivity index (χ3n) is 1.08. The van der Waals surface area contributed by atoms with Crippen molar-refractivity contribution in [1.82, 2.24) is 0 Å². The van der Waals surface area contributed by atoms with E-state index in [1.807, 2.05) is 0 Å². The summed E-state index contributed by atoms with van der Waals surface area (Å²) in [7, 11) is -9.29. The zero-order valence-electron chi connectivity index (χ0n) is 5.49. The molecule has 0 spiro atoms. The molecular weight excluding hydrogens is 221 g/mol. The first-order chi connectivity index (χ1) is 4.72. The van der Waals surface area contributed by atoms with Crippen molar-refractivity contribution in [1.29, 1.82) is 0 Å². The van der Waals surface area contributed by atoms with E-state index in [0.29, 0.717) is 0 Å². The summed E-state index contributed by atoms with van der Waals surface area (Å²) < 4.78 is 23.9. The summed E-state index contributed by atoms with van der Waals surface area (Å²) in [4.78, 5) is 25.2. The molecule has 0 aromatic rings. The molecule has 0 saturated carbocycles. The summed E-state index contributed by atoms with van der Waals surface area (Å²) in [5, 5.41) is 5.85. The second-order valence-corrected chi connectivity index (χ2v) is 6.29. The number of hydrogen-bond donors (Lipinski definition) is 4. The maximum atomic E-state index is 10.5. The van der Waals surface area contributed by atoms with Crippen LogP contribution in [0.1, 0.15) is 6.92 Å². The molecule has 0 aromatic carbocycles. The standard InChI is InChI=1S/C2H8O7P2.Na.H/c1-2(10(4,5)6)11(7,8)9-3;;/h2-3H,1H3,(H,7,8)(H2,4,5,6);;. The van der Waals surface area contributed by atoms with Gasteiger partial charge in [0.05, 0.1) is 0 Å². The van der Waals surface area contributed by atoms with Gasteiger partial charge in [0, 0.05) is 0 Å². The Kier molecular flexibility index (Phi) is 6.84. The molecule has 0 aliphatic heterocycles. The zero-order chi connectivity index (χ0) is 9.28. The molecule has 10 heteroatoms. The molecular formula is C2H9NaO7P2. The maximum absolute atomic E-state index is 10.5. The van der Waals surface area contributed by atoms with Crippen molar-refractivity contribution < 1.29 is 33.7 Å². The van der Waals surface area contributed by atoms with E-state index in [-0.39, 0.29) is 29.6 Å². The molecule has 2 atom stereocenters. The predicted molar refractivity (Wildman–Crippen MR) is 42.2 cm³/mol. The van der Waals surface area contributed by atoms with E-state index in [1.54, 1.807) is 0 Å². The topological polar surface area (TPSA) is 124 Å². The number of rotatable bonds is 3. The molecule has 0 bridgehead atoms. The number of hydrogen-bond acceptors (Lipinski definition) is 4. The Balaban J connectivity index is 0. The SMILES string of the molecule is CC(P(=O)(O)O)P(=O)(O)OO.[NaH]. The van der Waals surface area contributed by atoms with E-state index >= 15 is 0 Å². The monoisotopic (exact) mass is 230 g/mol. The van der Waals surface area contributed by atoms with Gasteiger partial charge in [-0.1, -0.05) is 0 Å². The molecule has 0 saturated heterocycles. The Bertz CT molecular complexity index is 221. The van der Waals surface area contributed by atoms with Crippen LogP contribution in [0.25, 0.3) is 0 Å². The van der Waals surface area contributed by atoms with Crippen molar-refractivity contribution in [2.45, 2.75) is 12.3 Å². The second-order valence-electron chi connectivity index (χ2n) is 1.87. The first-order valence-electron chi connectivity index (χ1n) is 2.42. The van der Waals surface area contributed by atoms with Crippen LogP contribution in [0.15, 0.2) is 0 Å². The van der Waals surface area contributed by atoms with Gasteiger partial charge in [-0.25, -0.2) is 5.26 Å². The van der Waals surface area contributed by atoms with Crippen LogP contribution in [-0.2, 0) is 13.8 Å². The van der Waals surface area contributed by atoms with Gasteiger partial charge >= 0.3 is 44.7 Å². The van der Waals surface area contributed by atoms with Crippen molar-refractivity contribution in [2.75, 3.05) is 0 Å². The summed E-state index contributed by atoms with van der Waals surface area (Å²) in [6.07, 6.45) is 0. The molecule has 0 amide bonds. The quantitative estimate of drug-likeness (QED) is 0.223. The van der Waals surface area contributed by atoms with Gasteiger partial charge in [-0.2, -0.15) is 4.67 Å². The molecule has 2 unspecified atom stereocenters. The molecule has 0 rings (SSSR count). The summed E-state index contributed by atoms with van der Waals surface area (Å²) in [6.45, 7) is 0.803. The Labute approximate surface area is 90.7 Å². The van der Waals surface area contributed by atoms with E-state index in [0.717, 1.165) is 6.92 Å². The van der Waals surface area contributed by atoms with E-state index < -0.39 is 20.6 Å². The Morgan fingerprint density at radius 1 is 1.25 bits per heavy atom. The minimum atomic E-state index is -4.69. The summed E-state index contributed by atoms with van der Waals surface area (Å²) in [6, 6.07) is 0. The zero-order valence-corrected chi connectivity index (χ0v) is 7.27. The van der Waals surface area contributed by atoms with Crippen LogP contribution in [0.2, 0.25) is 0 Å². The van der Waals surface area contributed by atoms with Gasteiger partial charge in [0.1, 0.15) is 0 Å². The molecule has 0 radical (unpaired) electrons. The molecule has 70 valence electrons. The molecule has 7 nitrogen and oxygen atoms in total. The minimum absolute atomic E-state index is 0. The van der Waals surface area contributed by atoms with Gasteiger partial charge in [0.25, 0.3) is 0 Å². The van der Waals surface area contributed by atoms with Gasteiger partial charge in [-0.15, -0.1) is 0 Å². The molecule has 0 aliphatic carbocycles. The van der Waals surface area contributed by atoms with Crippen LogP contribution in [-0.4, -0.2) is 54.9 Å². The Morgan fingerprint density at radius 3 is 1.67 bits per heavy atom. The van der Waals surface area contributed by atoms with Crippen LogP contribution in [0, 0.1) is 0 Å². The second kappa shape index (κ2) is 5.22. The van der Waals surface area contributed by atoms with E-state index in [9.17, 15) is 9.13 Å². The van der Waals surface area contributed by atoms with Crippen molar-refractivity contribution in [3.8, 4) is 0 Å². The third kappa shape index (κ3) is 4.48. The average molecular weight is 230 g/mol. The van der Waals surface area contributed by atoms with Crippen molar-refractivity contribution >= 4 is 44.7 Å². The molecule has 12 heavy (non-hydrogen) atoms. The summed E-state index contributed by atoms with van der Waals surface area (Å²) in [5.41, 5.74) is 0. The average Bonchev–Trinajstić information content (AvgIpc) is 1.84. The molecule has 4 N–H and O–H groups in total. The third-order valence-corrected chi connectivity index (χ3v) is 5.01. The molecule has 0 heterocycles. The fraction of sp³-hybridized carbons (Fsp3) is 1.00. The van der Waals surface area contributed by atoms with Gasteiger partial charge in [0.15, 0.2) is 5.40 Å². The predicted octanol–water partition coefficient (Wildman–Crippen LogP) is -0.463. The van der Waals surface area contributed by atoms with Crippen molar-refractivity contribution in [3.05, 3.63) is 0 Å².